The van der Waals surface area contributed by atoms with E-state index in [1.807, 2.05) is 0 Å². The van der Waals surface area contributed by atoms with Crippen molar-refractivity contribution in [3.8, 4) is 6.07 Å². The van der Waals surface area contributed by atoms with E-state index >= 15 is 0 Å². The van der Waals surface area contributed by atoms with E-state index in [1.54, 1.807) is 29.2 Å². The van der Waals surface area contributed by atoms with Gasteiger partial charge in [-0.05, 0) is 75.5 Å². The van der Waals surface area contributed by atoms with Crippen LogP contribution in [0.2, 0.25) is 0 Å². The fourth-order valence-corrected chi connectivity index (χ4v) is 5.55. The Morgan fingerprint density at radius 2 is 1.97 bits per heavy atom. The molecule has 1 saturated carbocycles. The van der Waals surface area contributed by atoms with Crippen LogP contribution in [0.25, 0.3) is 0 Å². The zero-order chi connectivity index (χ0) is 27.2. The molecule has 3 heterocycles. The second kappa shape index (κ2) is 9.44. The largest absolute Gasteiger partial charge is 0.419 e. The van der Waals surface area contributed by atoms with E-state index < -0.39 is 28.9 Å². The highest BCUT2D eigenvalue weighted by atomic mass is 19.4. The number of carbonyl (C=O) groups is 2. The molecule has 1 spiro atoms. The summed E-state index contributed by atoms with van der Waals surface area (Å²) in [5.41, 5.74) is -1.96. The summed E-state index contributed by atoms with van der Waals surface area (Å²) in [6.07, 6.45) is -0.888. The van der Waals surface area contributed by atoms with Gasteiger partial charge in [0.25, 0.3) is 11.8 Å². The first-order valence-electron chi connectivity index (χ1n) is 12.4. The van der Waals surface area contributed by atoms with Crippen LogP contribution in [0.3, 0.4) is 0 Å². The summed E-state index contributed by atoms with van der Waals surface area (Å²) in [4.78, 5) is 35.1. The van der Waals surface area contributed by atoms with Gasteiger partial charge in [-0.25, -0.2) is 4.98 Å². The first-order chi connectivity index (χ1) is 18.0. The average molecular weight is 525 g/mol. The van der Waals surface area contributed by atoms with Crippen molar-refractivity contribution in [3.63, 3.8) is 0 Å². The number of carbonyl (C=O) groups excluding carboxylic acids is 2. The van der Waals surface area contributed by atoms with Crippen LogP contribution in [0.1, 0.15) is 47.3 Å². The minimum atomic E-state index is -4.81. The molecule has 1 atom stereocenters. The first-order valence-corrected chi connectivity index (χ1v) is 12.4. The lowest BCUT2D eigenvalue weighted by molar-refractivity contribution is -0.138. The minimum absolute atomic E-state index is 0.103. The van der Waals surface area contributed by atoms with E-state index in [9.17, 15) is 22.8 Å². The number of anilines is 2. The van der Waals surface area contributed by atoms with Gasteiger partial charge in [-0.2, -0.15) is 18.4 Å². The summed E-state index contributed by atoms with van der Waals surface area (Å²) >= 11 is 0. The molecule has 1 aliphatic carbocycles. The summed E-state index contributed by atoms with van der Waals surface area (Å²) in [5, 5.41) is 12.1. The molecule has 2 saturated heterocycles. The van der Waals surface area contributed by atoms with Crippen LogP contribution in [0, 0.1) is 17.2 Å². The molecular weight excluding hydrogens is 497 g/mol. The number of hydrogen-bond acceptors (Lipinski definition) is 6. The Balaban J connectivity index is 1.39. The van der Waals surface area contributed by atoms with Crippen molar-refractivity contribution in [2.45, 2.75) is 37.4 Å². The van der Waals surface area contributed by atoms with Gasteiger partial charge in [0.1, 0.15) is 17.4 Å². The number of alkyl halides is 3. The van der Waals surface area contributed by atoms with Crippen molar-refractivity contribution in [1.29, 1.82) is 5.26 Å². The van der Waals surface area contributed by atoms with Crippen LogP contribution in [0.5, 0.6) is 0 Å². The summed E-state index contributed by atoms with van der Waals surface area (Å²) in [6, 6.07) is 9.00. The normalized spacial score (nSPS) is 21.1. The minimum Gasteiger partial charge on any atom is -0.352 e. The summed E-state index contributed by atoms with van der Waals surface area (Å²) in [6.45, 7) is 6.60. The molecule has 3 aliphatic rings. The Bertz CT molecular complexity index is 1330. The maximum atomic E-state index is 13.6. The van der Waals surface area contributed by atoms with Crippen LogP contribution in [0.15, 0.2) is 48.9 Å². The Kier molecular flexibility index (Phi) is 6.39. The predicted molar refractivity (Wildman–Crippen MR) is 134 cm³/mol. The zero-order valence-corrected chi connectivity index (χ0v) is 20.9. The van der Waals surface area contributed by atoms with Gasteiger partial charge < -0.3 is 15.1 Å². The van der Waals surface area contributed by atoms with Gasteiger partial charge in [0.2, 0.25) is 0 Å². The van der Waals surface area contributed by atoms with Crippen molar-refractivity contribution in [2.75, 3.05) is 36.5 Å². The number of nitrogens with zero attached hydrogens (tertiary/aromatic N) is 5. The van der Waals surface area contributed by atoms with Crippen molar-refractivity contribution in [1.82, 2.24) is 15.2 Å². The van der Waals surface area contributed by atoms with Crippen molar-refractivity contribution in [2.24, 2.45) is 5.92 Å². The molecule has 11 heteroatoms. The second-order valence-corrected chi connectivity index (χ2v) is 10.2. The molecule has 1 aromatic heterocycles. The van der Waals surface area contributed by atoms with Crippen molar-refractivity contribution < 1.29 is 22.8 Å². The number of rotatable bonds is 5. The summed E-state index contributed by atoms with van der Waals surface area (Å²) in [7, 11) is 2.06. The number of likely N-dealkylation sites (tertiary alicyclic amines) is 1. The second-order valence-electron chi connectivity index (χ2n) is 10.2. The third kappa shape index (κ3) is 4.28. The fourth-order valence-electron chi connectivity index (χ4n) is 5.55. The Morgan fingerprint density at radius 1 is 1.26 bits per heavy atom. The highest BCUT2D eigenvalue weighted by molar-refractivity contribution is 6.11. The van der Waals surface area contributed by atoms with Gasteiger partial charge in [-0.15, -0.1) is 0 Å². The third-order valence-corrected chi connectivity index (χ3v) is 7.70. The number of nitriles is 1. The molecule has 38 heavy (non-hydrogen) atoms. The van der Waals surface area contributed by atoms with Gasteiger partial charge in [0.05, 0.1) is 17.4 Å². The highest BCUT2D eigenvalue weighted by Crippen LogP contribution is 2.50. The van der Waals surface area contributed by atoms with E-state index in [-0.39, 0.29) is 17.4 Å². The molecule has 8 nitrogen and oxygen atoms in total. The number of aromatic nitrogens is 1. The lowest BCUT2D eigenvalue weighted by Crippen LogP contribution is -2.54. The molecular formula is C27H27F3N6O2. The molecule has 0 radical (unpaired) electrons. The van der Waals surface area contributed by atoms with Crippen LogP contribution in [-0.4, -0.2) is 53.9 Å². The molecule has 198 valence electrons. The molecule has 1 aromatic carbocycles. The number of benzene rings is 1. The molecule has 0 bridgehead atoms. The first kappa shape index (κ1) is 25.7. The predicted octanol–water partition coefficient (Wildman–Crippen LogP) is 3.90. The molecule has 2 aromatic rings. The topological polar surface area (TPSA) is 92.6 Å². The summed E-state index contributed by atoms with van der Waals surface area (Å²) < 4.78 is 40.7. The van der Waals surface area contributed by atoms with Crippen LogP contribution in [0.4, 0.5) is 24.5 Å². The number of hydrogen-bond donors (Lipinski definition) is 1. The van der Waals surface area contributed by atoms with E-state index in [2.05, 4.69) is 28.8 Å². The van der Waals surface area contributed by atoms with Crippen molar-refractivity contribution in [3.05, 3.63) is 65.7 Å². The smallest absolute Gasteiger partial charge is 0.352 e. The summed E-state index contributed by atoms with van der Waals surface area (Å²) in [5.74, 6) is 0.0283. The number of amides is 2. The monoisotopic (exact) mass is 524 g/mol. The number of halogens is 3. The quantitative estimate of drug-likeness (QED) is 0.638. The molecule has 0 unspecified atom stereocenters. The van der Waals surface area contributed by atoms with E-state index in [0.29, 0.717) is 36.6 Å². The maximum Gasteiger partial charge on any atom is 0.419 e. The Labute approximate surface area is 218 Å². The third-order valence-electron chi connectivity index (χ3n) is 7.70. The molecule has 1 N–H and O–H groups in total. The Hall–Kier alpha value is -3.91. The zero-order valence-electron chi connectivity index (χ0n) is 20.9. The van der Waals surface area contributed by atoms with Crippen LogP contribution < -0.4 is 15.1 Å². The van der Waals surface area contributed by atoms with Gasteiger partial charge in [-0.3, -0.25) is 14.5 Å². The lowest BCUT2D eigenvalue weighted by atomic mass is 9.75. The molecule has 2 aliphatic heterocycles. The fraction of sp³-hybridized carbons (Fsp3) is 0.407. The standard InChI is InChI=1S/C27H27F3N6O2/c1-17-35(21-12-22(27(28,29)30)23(13-31)32-15-21)25(38)26(9-3-10-26)36(17)20-6-4-19(5-7-20)24(37)33-14-18-8-11-34(2)16-18/h4-7,12,15,18H,1,3,8-11,14,16H2,2H3,(H,33,37)/t18-/m0/s1. The molecule has 3 fully saturated rings. The average Bonchev–Trinajstić information content (AvgIpc) is 3.39. The maximum absolute atomic E-state index is 13.6. The van der Waals surface area contributed by atoms with E-state index in [4.69, 9.17) is 5.26 Å². The van der Waals surface area contributed by atoms with Gasteiger partial charge >= 0.3 is 6.18 Å². The number of nitrogens with one attached hydrogen (secondary N) is 1. The molecule has 5 rings (SSSR count). The highest BCUT2D eigenvalue weighted by Gasteiger charge is 2.59. The number of pyridine rings is 1. The lowest BCUT2D eigenvalue weighted by Gasteiger charge is -2.43. The van der Waals surface area contributed by atoms with E-state index in [1.165, 1.54) is 6.07 Å². The Morgan fingerprint density at radius 3 is 2.53 bits per heavy atom. The van der Waals surface area contributed by atoms with Crippen molar-refractivity contribution >= 4 is 23.2 Å². The van der Waals surface area contributed by atoms with Gasteiger partial charge in [0, 0.05) is 24.3 Å². The SMILES string of the molecule is C=C1N(c2cnc(C#N)c(C(F)(F)F)c2)C(=O)C2(CCC2)N1c1ccc(C(=O)NC[C@@H]2CCN(C)C2)cc1. The van der Waals surface area contributed by atoms with Crippen LogP contribution >= 0.6 is 0 Å². The van der Waals surface area contributed by atoms with E-state index in [0.717, 1.165) is 43.1 Å². The molecule has 2 amide bonds. The van der Waals surface area contributed by atoms with Gasteiger partial charge in [0.15, 0.2) is 5.69 Å². The van der Waals surface area contributed by atoms with Crippen LogP contribution in [-0.2, 0) is 11.0 Å². The van der Waals surface area contributed by atoms with Gasteiger partial charge in [-0.1, -0.05) is 6.58 Å².